The molecule has 0 spiro atoms. The van der Waals surface area contributed by atoms with Crippen LogP contribution in [-0.2, 0) is 0 Å². The molecule has 1 aliphatic rings. The van der Waals surface area contributed by atoms with Gasteiger partial charge in [-0.3, -0.25) is 0 Å². The molecule has 0 saturated heterocycles. The predicted molar refractivity (Wildman–Crippen MR) is 83.6 cm³/mol. The Morgan fingerprint density at radius 3 is 2.35 bits per heavy atom. The van der Waals surface area contributed by atoms with Crippen LogP contribution in [0.15, 0.2) is 12.1 Å². The van der Waals surface area contributed by atoms with E-state index < -0.39 is 0 Å². The Hall–Kier alpha value is -1.09. The zero-order chi connectivity index (χ0) is 14.7. The van der Waals surface area contributed by atoms with Crippen molar-refractivity contribution in [1.82, 2.24) is 0 Å². The van der Waals surface area contributed by atoms with Crippen molar-refractivity contribution >= 4 is 5.69 Å². The third-order valence-electron chi connectivity index (χ3n) is 4.55. The largest absolute Gasteiger partial charge is 0.371 e. The maximum Gasteiger partial charge on any atom is 0.126 e. The first-order valence-corrected chi connectivity index (χ1v) is 7.79. The monoisotopic (exact) mass is 278 g/mol. The second-order valence-corrected chi connectivity index (χ2v) is 6.21. The minimum absolute atomic E-state index is 0.145. The highest BCUT2D eigenvalue weighted by Crippen LogP contribution is 2.32. The Bertz CT molecular complexity index is 449. The Labute approximate surface area is 122 Å². The average Bonchev–Trinajstić information content (AvgIpc) is 2.69. The van der Waals surface area contributed by atoms with Crippen LogP contribution in [0.5, 0.6) is 0 Å². The van der Waals surface area contributed by atoms with E-state index in [0.717, 1.165) is 11.3 Å². The molecule has 0 radical (unpaired) electrons. The molecule has 0 amide bonds. The topological polar surface area (TPSA) is 29.3 Å². The number of anilines is 1. The van der Waals surface area contributed by atoms with Crippen LogP contribution in [0.25, 0.3) is 0 Å². The first-order valence-electron chi connectivity index (χ1n) is 7.79. The summed E-state index contributed by atoms with van der Waals surface area (Å²) in [5.74, 6) is -0.157. The van der Waals surface area contributed by atoms with Crippen LogP contribution in [0.4, 0.5) is 10.1 Å². The van der Waals surface area contributed by atoms with E-state index in [9.17, 15) is 4.39 Å². The van der Waals surface area contributed by atoms with Gasteiger partial charge in [0.1, 0.15) is 5.82 Å². The fourth-order valence-electron chi connectivity index (χ4n) is 3.19. The van der Waals surface area contributed by atoms with Crippen molar-refractivity contribution in [3.63, 3.8) is 0 Å². The number of hydrogen-bond donors (Lipinski definition) is 1. The summed E-state index contributed by atoms with van der Waals surface area (Å²) in [5, 5.41) is 0. The molecule has 2 rings (SSSR count). The molecule has 1 aromatic rings. The highest BCUT2D eigenvalue weighted by Gasteiger charge is 2.21. The van der Waals surface area contributed by atoms with Crippen LogP contribution in [0.3, 0.4) is 0 Å². The van der Waals surface area contributed by atoms with Crippen LogP contribution < -0.4 is 10.6 Å². The first-order chi connectivity index (χ1) is 9.50. The van der Waals surface area contributed by atoms with Gasteiger partial charge in [0.25, 0.3) is 0 Å². The molecule has 0 unspecified atom stereocenters. The Morgan fingerprint density at radius 2 is 1.80 bits per heavy atom. The van der Waals surface area contributed by atoms with E-state index >= 15 is 0 Å². The molecule has 1 atom stereocenters. The van der Waals surface area contributed by atoms with Crippen molar-refractivity contribution in [2.24, 2.45) is 5.73 Å². The number of benzene rings is 1. The second-order valence-electron chi connectivity index (χ2n) is 6.21. The lowest BCUT2D eigenvalue weighted by Crippen LogP contribution is -2.32. The molecule has 0 bridgehead atoms. The summed E-state index contributed by atoms with van der Waals surface area (Å²) in [5.41, 5.74) is 8.76. The van der Waals surface area contributed by atoms with Crippen LogP contribution >= 0.6 is 0 Å². The number of nitrogens with zero attached hydrogens (tertiary/aromatic N) is 1. The molecule has 2 nitrogen and oxygen atoms in total. The fourth-order valence-corrected chi connectivity index (χ4v) is 3.19. The first kappa shape index (κ1) is 15.3. The van der Waals surface area contributed by atoms with Gasteiger partial charge in [0.2, 0.25) is 0 Å². The van der Waals surface area contributed by atoms with Crippen molar-refractivity contribution in [2.75, 3.05) is 11.9 Å². The van der Waals surface area contributed by atoms with Crippen LogP contribution in [0.2, 0.25) is 0 Å². The second kappa shape index (κ2) is 6.57. The van der Waals surface area contributed by atoms with Gasteiger partial charge in [-0.05, 0) is 49.9 Å². The molecule has 2 N–H and O–H groups in total. The standard InChI is InChI=1S/C17H27FN2/c1-12-10-17(15(13(2)19)11-16(12)18)20(3)14-8-6-4-5-7-9-14/h10-11,13-14H,4-9,19H2,1-3H3/t13-/m1/s1. The predicted octanol–water partition coefficient (Wildman–Crippen LogP) is 4.31. The van der Waals surface area contributed by atoms with Gasteiger partial charge in [0.15, 0.2) is 0 Å². The lowest BCUT2D eigenvalue weighted by Gasteiger charge is -2.32. The quantitative estimate of drug-likeness (QED) is 0.835. The highest BCUT2D eigenvalue weighted by molar-refractivity contribution is 5.57. The molecular formula is C17H27FN2. The van der Waals surface area contributed by atoms with Crippen molar-refractivity contribution in [2.45, 2.75) is 64.5 Å². The lowest BCUT2D eigenvalue weighted by atomic mass is 10.00. The van der Waals surface area contributed by atoms with Gasteiger partial charge in [-0.15, -0.1) is 0 Å². The van der Waals surface area contributed by atoms with Gasteiger partial charge < -0.3 is 10.6 Å². The van der Waals surface area contributed by atoms with Gasteiger partial charge in [0.05, 0.1) is 0 Å². The van der Waals surface area contributed by atoms with Crippen molar-refractivity contribution in [1.29, 1.82) is 0 Å². The summed E-state index contributed by atoms with van der Waals surface area (Å²) in [6.45, 7) is 3.75. The van der Waals surface area contributed by atoms with E-state index in [4.69, 9.17) is 5.73 Å². The smallest absolute Gasteiger partial charge is 0.126 e. The molecule has 3 heteroatoms. The number of rotatable bonds is 3. The Morgan fingerprint density at radius 1 is 1.20 bits per heavy atom. The van der Waals surface area contributed by atoms with Gasteiger partial charge in [-0.1, -0.05) is 25.7 Å². The Kier molecular flexibility index (Phi) is 5.03. The fraction of sp³-hybridized carbons (Fsp3) is 0.647. The number of aryl methyl sites for hydroxylation is 1. The summed E-state index contributed by atoms with van der Waals surface area (Å²) in [6, 6.07) is 3.98. The molecule has 112 valence electrons. The molecular weight excluding hydrogens is 251 g/mol. The minimum Gasteiger partial charge on any atom is -0.371 e. The molecule has 1 fully saturated rings. The van der Waals surface area contributed by atoms with Crippen molar-refractivity contribution in [3.05, 3.63) is 29.1 Å². The molecule has 0 aromatic heterocycles. The molecule has 20 heavy (non-hydrogen) atoms. The van der Waals surface area contributed by atoms with Crippen LogP contribution in [0.1, 0.15) is 62.6 Å². The Balaban J connectivity index is 2.31. The third-order valence-corrected chi connectivity index (χ3v) is 4.55. The average molecular weight is 278 g/mol. The maximum atomic E-state index is 13.8. The van der Waals surface area contributed by atoms with E-state index in [0.29, 0.717) is 11.6 Å². The SMILES string of the molecule is Cc1cc(N(C)C2CCCCCC2)c([C@@H](C)N)cc1F. The van der Waals surface area contributed by atoms with E-state index in [1.54, 1.807) is 6.07 Å². The minimum atomic E-state index is -0.157. The van der Waals surface area contributed by atoms with E-state index in [1.165, 1.54) is 38.5 Å². The van der Waals surface area contributed by atoms with Gasteiger partial charge in [-0.25, -0.2) is 4.39 Å². The summed E-state index contributed by atoms with van der Waals surface area (Å²) in [6.07, 6.45) is 7.72. The molecule has 0 aliphatic heterocycles. The highest BCUT2D eigenvalue weighted by atomic mass is 19.1. The van der Waals surface area contributed by atoms with E-state index in [-0.39, 0.29) is 11.9 Å². The van der Waals surface area contributed by atoms with Gasteiger partial charge in [0, 0.05) is 24.8 Å². The van der Waals surface area contributed by atoms with Crippen LogP contribution in [-0.4, -0.2) is 13.1 Å². The molecule has 0 heterocycles. The summed E-state index contributed by atoms with van der Waals surface area (Å²) < 4.78 is 13.8. The summed E-state index contributed by atoms with van der Waals surface area (Å²) in [7, 11) is 2.13. The van der Waals surface area contributed by atoms with Crippen LogP contribution in [0, 0.1) is 12.7 Å². The number of halogens is 1. The maximum absolute atomic E-state index is 13.8. The molecule has 1 saturated carbocycles. The summed E-state index contributed by atoms with van der Waals surface area (Å²) in [4.78, 5) is 2.33. The normalized spacial score (nSPS) is 18.6. The van der Waals surface area contributed by atoms with E-state index in [2.05, 4.69) is 11.9 Å². The summed E-state index contributed by atoms with van der Waals surface area (Å²) >= 11 is 0. The zero-order valence-corrected chi connectivity index (χ0v) is 13.0. The zero-order valence-electron chi connectivity index (χ0n) is 13.0. The number of hydrogen-bond acceptors (Lipinski definition) is 2. The van der Waals surface area contributed by atoms with Gasteiger partial charge >= 0.3 is 0 Å². The lowest BCUT2D eigenvalue weighted by molar-refractivity contribution is 0.548. The van der Waals surface area contributed by atoms with Gasteiger partial charge in [-0.2, -0.15) is 0 Å². The van der Waals surface area contributed by atoms with E-state index in [1.807, 2.05) is 19.9 Å². The van der Waals surface area contributed by atoms with Crippen molar-refractivity contribution in [3.8, 4) is 0 Å². The number of nitrogens with two attached hydrogens (primary N) is 1. The third kappa shape index (κ3) is 3.32. The van der Waals surface area contributed by atoms with Crippen molar-refractivity contribution < 1.29 is 4.39 Å². The molecule has 1 aliphatic carbocycles. The molecule has 1 aromatic carbocycles.